The smallest absolute Gasteiger partial charge is 0.0184 e. The van der Waals surface area contributed by atoms with E-state index in [1.54, 1.807) is 0 Å². The first-order valence-electron chi connectivity index (χ1n) is 8.94. The Kier molecular flexibility index (Phi) is 4.76. The lowest BCUT2D eigenvalue weighted by atomic mass is 9.92. The van der Waals surface area contributed by atoms with E-state index < -0.39 is 0 Å². The first-order chi connectivity index (χ1) is 12.4. The van der Waals surface area contributed by atoms with Crippen molar-refractivity contribution in [2.75, 3.05) is 5.75 Å². The molecular weight excluding hydrogens is 320 g/mol. The molecule has 0 saturated heterocycles. The molecule has 4 rings (SSSR count). The largest absolute Gasteiger partial charge is 0.157 e. The molecule has 0 N–H and O–H groups in total. The Labute approximate surface area is 153 Å². The molecule has 0 unspecified atom stereocenters. The molecule has 0 radical (unpaired) electrons. The Hall–Kier alpha value is -2.25. The van der Waals surface area contributed by atoms with E-state index in [-0.39, 0.29) is 0 Å². The molecule has 0 spiro atoms. The number of fused-ring (bicyclic) bond motifs is 2. The Balaban J connectivity index is 1.84. The van der Waals surface area contributed by atoms with E-state index in [1.165, 1.54) is 50.4 Å². The van der Waals surface area contributed by atoms with E-state index in [0.29, 0.717) is 0 Å². The topological polar surface area (TPSA) is 0 Å². The lowest BCUT2D eigenvalue weighted by Gasteiger charge is -2.12. The quantitative estimate of drug-likeness (QED) is 0.271. The zero-order chi connectivity index (χ0) is 17.1. The van der Waals surface area contributed by atoms with Crippen molar-refractivity contribution in [1.82, 2.24) is 0 Å². The van der Waals surface area contributed by atoms with Crippen molar-refractivity contribution in [2.24, 2.45) is 0 Å². The fourth-order valence-electron chi connectivity index (χ4n) is 3.43. The molecule has 0 saturated carbocycles. The number of rotatable bonds is 5. The van der Waals surface area contributed by atoms with E-state index in [9.17, 15) is 0 Å². The Morgan fingerprint density at radius 2 is 1.32 bits per heavy atom. The van der Waals surface area contributed by atoms with Gasteiger partial charge in [0.2, 0.25) is 0 Å². The average Bonchev–Trinajstić information content (AvgIpc) is 2.67. The molecule has 0 aliphatic rings. The van der Waals surface area contributed by atoms with Crippen molar-refractivity contribution in [1.29, 1.82) is 0 Å². The van der Waals surface area contributed by atoms with Gasteiger partial charge in [-0.15, -0.1) is 0 Å². The van der Waals surface area contributed by atoms with Gasteiger partial charge in [0.1, 0.15) is 0 Å². The van der Waals surface area contributed by atoms with E-state index in [0.717, 1.165) is 5.75 Å². The summed E-state index contributed by atoms with van der Waals surface area (Å²) in [5.41, 5.74) is 4.06. The zero-order valence-electron chi connectivity index (χ0n) is 14.5. The lowest BCUT2D eigenvalue weighted by Crippen LogP contribution is -1.87. The molecule has 0 aromatic heterocycles. The van der Waals surface area contributed by atoms with Crippen molar-refractivity contribution < 1.29 is 0 Å². The standard InChI is InChI=1S/C24H22S/c1-2-15-25-17-18-11-13-19(14-12-18)24-22-9-5-3-7-20(22)16-21-8-4-6-10-23(21)24/h3-14,16H,2,15,17H2,1H3. The van der Waals surface area contributed by atoms with Gasteiger partial charge in [0.05, 0.1) is 0 Å². The predicted octanol–water partition coefficient (Wildman–Crippen LogP) is 7.30. The number of benzene rings is 4. The zero-order valence-corrected chi connectivity index (χ0v) is 15.4. The van der Waals surface area contributed by atoms with Gasteiger partial charge >= 0.3 is 0 Å². The normalized spacial score (nSPS) is 11.2. The minimum Gasteiger partial charge on any atom is -0.157 e. The van der Waals surface area contributed by atoms with Crippen LogP contribution in [0.5, 0.6) is 0 Å². The van der Waals surface area contributed by atoms with Crippen LogP contribution in [-0.2, 0) is 5.75 Å². The molecule has 0 nitrogen and oxygen atoms in total. The average molecular weight is 343 g/mol. The van der Waals surface area contributed by atoms with Crippen LogP contribution in [0, 0.1) is 0 Å². The van der Waals surface area contributed by atoms with Crippen LogP contribution in [0.15, 0.2) is 78.9 Å². The molecular formula is C24H22S. The summed E-state index contributed by atoms with van der Waals surface area (Å²) in [7, 11) is 0. The van der Waals surface area contributed by atoms with E-state index >= 15 is 0 Å². The molecule has 4 aromatic carbocycles. The maximum absolute atomic E-state index is 2.30. The van der Waals surface area contributed by atoms with Gasteiger partial charge in [-0.3, -0.25) is 0 Å². The van der Waals surface area contributed by atoms with Crippen LogP contribution < -0.4 is 0 Å². The number of hydrogen-bond acceptors (Lipinski definition) is 1. The van der Waals surface area contributed by atoms with Gasteiger partial charge in [-0.05, 0) is 56.5 Å². The van der Waals surface area contributed by atoms with Crippen LogP contribution in [0.3, 0.4) is 0 Å². The molecule has 0 amide bonds. The number of thioether (sulfide) groups is 1. The lowest BCUT2D eigenvalue weighted by molar-refractivity contribution is 1.10. The van der Waals surface area contributed by atoms with Gasteiger partial charge in [-0.25, -0.2) is 0 Å². The van der Waals surface area contributed by atoms with Gasteiger partial charge in [0, 0.05) is 5.75 Å². The van der Waals surface area contributed by atoms with Crippen LogP contribution in [0.25, 0.3) is 32.7 Å². The molecule has 0 fully saturated rings. The summed E-state index contributed by atoms with van der Waals surface area (Å²) < 4.78 is 0. The van der Waals surface area contributed by atoms with Crippen molar-refractivity contribution in [2.45, 2.75) is 19.1 Å². The Morgan fingerprint density at radius 1 is 0.720 bits per heavy atom. The van der Waals surface area contributed by atoms with Crippen LogP contribution in [0.2, 0.25) is 0 Å². The molecule has 1 heteroatoms. The molecule has 0 heterocycles. The second-order valence-corrected chi connectivity index (χ2v) is 7.55. The molecule has 0 atom stereocenters. The predicted molar refractivity (Wildman–Crippen MR) is 113 cm³/mol. The highest BCUT2D eigenvalue weighted by molar-refractivity contribution is 7.98. The summed E-state index contributed by atoms with van der Waals surface area (Å²) in [6.07, 6.45) is 1.24. The Morgan fingerprint density at radius 3 is 1.92 bits per heavy atom. The monoisotopic (exact) mass is 342 g/mol. The van der Waals surface area contributed by atoms with E-state index in [2.05, 4.69) is 85.8 Å². The highest BCUT2D eigenvalue weighted by Crippen LogP contribution is 2.36. The summed E-state index contributed by atoms with van der Waals surface area (Å²) in [6.45, 7) is 2.24. The van der Waals surface area contributed by atoms with Gasteiger partial charge in [-0.1, -0.05) is 79.7 Å². The first kappa shape index (κ1) is 16.2. The summed E-state index contributed by atoms with van der Waals surface area (Å²) in [6, 6.07) is 28.8. The molecule has 0 bridgehead atoms. The molecule has 4 aromatic rings. The van der Waals surface area contributed by atoms with E-state index in [4.69, 9.17) is 0 Å². The maximum Gasteiger partial charge on any atom is 0.0184 e. The minimum atomic E-state index is 1.10. The van der Waals surface area contributed by atoms with Gasteiger partial charge < -0.3 is 0 Å². The fourth-order valence-corrected chi connectivity index (χ4v) is 4.29. The highest BCUT2D eigenvalue weighted by atomic mass is 32.2. The molecule has 0 aliphatic carbocycles. The van der Waals surface area contributed by atoms with Crippen LogP contribution in [-0.4, -0.2) is 5.75 Å². The molecule has 25 heavy (non-hydrogen) atoms. The minimum absolute atomic E-state index is 1.10. The third-order valence-electron chi connectivity index (χ3n) is 4.63. The SMILES string of the molecule is CCCSCc1ccc(-c2c3ccccc3cc3ccccc23)cc1. The fraction of sp³-hybridized carbons (Fsp3) is 0.167. The first-order valence-corrected chi connectivity index (χ1v) is 10.1. The second-order valence-electron chi connectivity index (χ2n) is 6.44. The van der Waals surface area contributed by atoms with Gasteiger partial charge in [0.25, 0.3) is 0 Å². The summed E-state index contributed by atoms with van der Waals surface area (Å²) in [4.78, 5) is 0. The van der Waals surface area contributed by atoms with E-state index in [1.807, 2.05) is 11.8 Å². The van der Waals surface area contributed by atoms with Crippen molar-refractivity contribution in [3.05, 3.63) is 84.4 Å². The van der Waals surface area contributed by atoms with Gasteiger partial charge in [-0.2, -0.15) is 11.8 Å². The molecule has 124 valence electrons. The second kappa shape index (κ2) is 7.33. The summed E-state index contributed by atoms with van der Waals surface area (Å²) in [5.74, 6) is 2.33. The maximum atomic E-state index is 2.30. The van der Waals surface area contributed by atoms with Crippen molar-refractivity contribution >= 4 is 33.3 Å². The molecule has 0 aliphatic heterocycles. The van der Waals surface area contributed by atoms with Gasteiger partial charge in [0.15, 0.2) is 0 Å². The Bertz CT molecular complexity index is 945. The number of hydrogen-bond donors (Lipinski definition) is 0. The van der Waals surface area contributed by atoms with Crippen molar-refractivity contribution in [3.63, 3.8) is 0 Å². The van der Waals surface area contributed by atoms with Crippen LogP contribution >= 0.6 is 11.8 Å². The van der Waals surface area contributed by atoms with Crippen LogP contribution in [0.1, 0.15) is 18.9 Å². The van der Waals surface area contributed by atoms with Crippen molar-refractivity contribution in [3.8, 4) is 11.1 Å². The summed E-state index contributed by atoms with van der Waals surface area (Å²) >= 11 is 2.01. The van der Waals surface area contributed by atoms with Crippen LogP contribution in [0.4, 0.5) is 0 Å². The highest BCUT2D eigenvalue weighted by Gasteiger charge is 2.09. The summed E-state index contributed by atoms with van der Waals surface area (Å²) in [5, 5.41) is 5.26. The third-order valence-corrected chi connectivity index (χ3v) is 5.87. The third kappa shape index (κ3) is 3.29.